The minimum atomic E-state index is -0.540. The van der Waals surface area contributed by atoms with E-state index in [0.29, 0.717) is 0 Å². The largest absolute Gasteiger partial charge is 0.332 e. The lowest BCUT2D eigenvalue weighted by molar-refractivity contribution is 0.249. The highest BCUT2D eigenvalue weighted by Crippen LogP contribution is 2.12. The maximum absolute atomic E-state index is 13.2. The highest BCUT2D eigenvalue weighted by Gasteiger charge is 2.12. The van der Waals surface area contributed by atoms with Crippen LogP contribution in [0.15, 0.2) is 30.6 Å². The van der Waals surface area contributed by atoms with E-state index in [9.17, 15) is 9.18 Å². The lowest BCUT2D eigenvalue weighted by Gasteiger charge is -2.18. The van der Waals surface area contributed by atoms with Crippen LogP contribution < -0.4 is 10.6 Å². The molecule has 0 fully saturated rings. The van der Waals surface area contributed by atoms with Crippen LogP contribution in [-0.2, 0) is 0 Å². The standard InChI is InChI=1S/C12H14FN3O/c13-10-8-14-7-6-11(10)16-12(17)15-9-4-2-1-3-5-9/h2,4,6-9H,1,3,5H2,(H2,14,15,16,17)/t9-/m0/s1. The first-order chi connectivity index (χ1) is 8.25. The maximum Gasteiger partial charge on any atom is 0.319 e. The molecule has 1 atom stereocenters. The molecule has 1 aromatic rings. The van der Waals surface area contributed by atoms with Crippen LogP contribution in [-0.4, -0.2) is 17.1 Å². The van der Waals surface area contributed by atoms with E-state index in [1.54, 1.807) is 0 Å². The van der Waals surface area contributed by atoms with E-state index in [0.717, 1.165) is 25.5 Å². The highest BCUT2D eigenvalue weighted by atomic mass is 19.1. The van der Waals surface area contributed by atoms with Crippen LogP contribution in [0.4, 0.5) is 14.9 Å². The van der Waals surface area contributed by atoms with Crippen LogP contribution in [0.5, 0.6) is 0 Å². The van der Waals surface area contributed by atoms with Crippen molar-refractivity contribution in [1.82, 2.24) is 10.3 Å². The average molecular weight is 235 g/mol. The first-order valence-corrected chi connectivity index (χ1v) is 5.59. The number of hydrogen-bond donors (Lipinski definition) is 2. The third-order valence-electron chi connectivity index (χ3n) is 2.59. The van der Waals surface area contributed by atoms with E-state index in [1.807, 2.05) is 12.2 Å². The van der Waals surface area contributed by atoms with Gasteiger partial charge in [-0.05, 0) is 25.3 Å². The summed E-state index contributed by atoms with van der Waals surface area (Å²) in [7, 11) is 0. The molecule has 0 radical (unpaired) electrons. The molecule has 1 aliphatic carbocycles. The second kappa shape index (κ2) is 5.43. The van der Waals surface area contributed by atoms with Crippen molar-refractivity contribution in [2.45, 2.75) is 25.3 Å². The third-order valence-corrected chi connectivity index (χ3v) is 2.59. The summed E-state index contributed by atoms with van der Waals surface area (Å²) in [5.74, 6) is -0.540. The second-order valence-electron chi connectivity index (χ2n) is 3.92. The summed E-state index contributed by atoms with van der Waals surface area (Å²) in [6.45, 7) is 0. The number of urea groups is 1. The molecular weight excluding hydrogens is 221 g/mol. The van der Waals surface area contributed by atoms with Gasteiger partial charge in [-0.25, -0.2) is 9.18 Å². The van der Waals surface area contributed by atoms with Gasteiger partial charge in [0.1, 0.15) is 0 Å². The van der Waals surface area contributed by atoms with Gasteiger partial charge < -0.3 is 10.6 Å². The van der Waals surface area contributed by atoms with Crippen molar-refractivity contribution >= 4 is 11.7 Å². The molecule has 2 N–H and O–H groups in total. The zero-order valence-electron chi connectivity index (χ0n) is 9.32. The van der Waals surface area contributed by atoms with E-state index < -0.39 is 11.8 Å². The number of carbonyl (C=O) groups excluding carboxylic acids is 1. The predicted octanol–water partition coefficient (Wildman–Crippen LogP) is 2.45. The Kier molecular flexibility index (Phi) is 3.69. The number of anilines is 1. The number of halogens is 1. The number of allylic oxidation sites excluding steroid dienone is 1. The smallest absolute Gasteiger partial charge is 0.319 e. The fourth-order valence-electron chi connectivity index (χ4n) is 1.74. The van der Waals surface area contributed by atoms with Crippen molar-refractivity contribution in [1.29, 1.82) is 0 Å². The van der Waals surface area contributed by atoms with E-state index in [4.69, 9.17) is 0 Å². The third kappa shape index (κ3) is 3.27. The minimum Gasteiger partial charge on any atom is -0.332 e. The number of aromatic nitrogens is 1. The summed E-state index contributed by atoms with van der Waals surface area (Å²) in [6.07, 6.45) is 9.54. The molecule has 17 heavy (non-hydrogen) atoms. The second-order valence-corrected chi connectivity index (χ2v) is 3.92. The number of nitrogens with one attached hydrogen (secondary N) is 2. The Bertz CT molecular complexity index is 434. The Morgan fingerprint density at radius 2 is 2.41 bits per heavy atom. The molecule has 1 heterocycles. The van der Waals surface area contributed by atoms with Gasteiger partial charge in [0.25, 0.3) is 0 Å². The van der Waals surface area contributed by atoms with Gasteiger partial charge in [-0.2, -0.15) is 0 Å². The van der Waals surface area contributed by atoms with Crippen molar-refractivity contribution in [3.63, 3.8) is 0 Å². The van der Waals surface area contributed by atoms with Crippen LogP contribution in [0.1, 0.15) is 19.3 Å². The van der Waals surface area contributed by atoms with E-state index in [-0.39, 0.29) is 11.7 Å². The van der Waals surface area contributed by atoms with Crippen LogP contribution in [0.2, 0.25) is 0 Å². The summed E-state index contributed by atoms with van der Waals surface area (Å²) in [5.41, 5.74) is 0.136. The van der Waals surface area contributed by atoms with Crippen molar-refractivity contribution in [3.05, 3.63) is 36.4 Å². The quantitative estimate of drug-likeness (QED) is 0.773. The lowest BCUT2D eigenvalue weighted by Crippen LogP contribution is -2.37. The van der Waals surface area contributed by atoms with Gasteiger partial charge in [-0.15, -0.1) is 0 Å². The number of hydrogen-bond acceptors (Lipinski definition) is 2. The molecule has 0 unspecified atom stereocenters. The van der Waals surface area contributed by atoms with Crippen LogP contribution in [0.25, 0.3) is 0 Å². The van der Waals surface area contributed by atoms with E-state index in [2.05, 4.69) is 15.6 Å². The average Bonchev–Trinajstić information content (AvgIpc) is 2.33. The number of rotatable bonds is 2. The molecule has 1 aliphatic rings. The van der Waals surface area contributed by atoms with Crippen LogP contribution in [0.3, 0.4) is 0 Å². The molecule has 2 amide bonds. The van der Waals surface area contributed by atoms with Crippen molar-refractivity contribution < 1.29 is 9.18 Å². The molecular formula is C12H14FN3O. The summed E-state index contributed by atoms with van der Waals surface area (Å²) < 4.78 is 13.2. The fraction of sp³-hybridized carbons (Fsp3) is 0.333. The van der Waals surface area contributed by atoms with Crippen molar-refractivity contribution in [2.24, 2.45) is 0 Å². The maximum atomic E-state index is 13.2. The first-order valence-electron chi connectivity index (χ1n) is 5.59. The Balaban J connectivity index is 1.91. The number of nitrogens with zero attached hydrogens (tertiary/aromatic N) is 1. The number of amides is 2. The fourth-order valence-corrected chi connectivity index (χ4v) is 1.74. The van der Waals surface area contributed by atoms with Gasteiger partial charge in [-0.1, -0.05) is 12.2 Å². The molecule has 0 saturated carbocycles. The molecule has 2 rings (SSSR count). The van der Waals surface area contributed by atoms with Crippen LogP contribution in [0, 0.1) is 5.82 Å². The van der Waals surface area contributed by atoms with E-state index >= 15 is 0 Å². The number of pyridine rings is 1. The van der Waals surface area contributed by atoms with Crippen LogP contribution >= 0.6 is 0 Å². The molecule has 0 bridgehead atoms. The monoisotopic (exact) mass is 235 g/mol. The molecule has 0 saturated heterocycles. The summed E-state index contributed by atoms with van der Waals surface area (Å²) in [5, 5.41) is 5.23. The molecule has 90 valence electrons. The van der Waals surface area contributed by atoms with Gasteiger partial charge >= 0.3 is 6.03 Å². The summed E-state index contributed by atoms with van der Waals surface area (Å²) >= 11 is 0. The Morgan fingerprint density at radius 1 is 1.53 bits per heavy atom. The van der Waals surface area contributed by atoms with E-state index in [1.165, 1.54) is 12.3 Å². The minimum absolute atomic E-state index is 0.0358. The van der Waals surface area contributed by atoms with Crippen molar-refractivity contribution in [2.75, 3.05) is 5.32 Å². The predicted molar refractivity (Wildman–Crippen MR) is 63.1 cm³/mol. The molecule has 5 heteroatoms. The highest BCUT2D eigenvalue weighted by molar-refractivity contribution is 5.89. The molecule has 1 aromatic heterocycles. The topological polar surface area (TPSA) is 54.0 Å². The SMILES string of the molecule is O=C(Nc1ccncc1F)N[C@H]1C=CCCC1. The zero-order chi connectivity index (χ0) is 12.1. The first kappa shape index (κ1) is 11.6. The van der Waals surface area contributed by atoms with Gasteiger partial charge in [0.05, 0.1) is 11.9 Å². The Labute approximate surface area is 98.9 Å². The van der Waals surface area contributed by atoms with Gasteiger partial charge in [-0.3, -0.25) is 4.98 Å². The lowest BCUT2D eigenvalue weighted by atomic mass is 10.0. The molecule has 4 nitrogen and oxygen atoms in total. The molecule has 0 aliphatic heterocycles. The number of carbonyl (C=O) groups is 1. The Morgan fingerprint density at radius 3 is 3.12 bits per heavy atom. The zero-order valence-corrected chi connectivity index (χ0v) is 9.32. The summed E-state index contributed by atoms with van der Waals surface area (Å²) in [4.78, 5) is 15.2. The van der Waals surface area contributed by atoms with Gasteiger partial charge in [0.2, 0.25) is 0 Å². The normalized spacial score (nSPS) is 18.8. The molecule has 0 spiro atoms. The molecule has 0 aromatic carbocycles. The van der Waals surface area contributed by atoms with Crippen molar-refractivity contribution in [3.8, 4) is 0 Å². The Hall–Kier alpha value is -1.91. The summed E-state index contributed by atoms with van der Waals surface area (Å²) in [6, 6.07) is 1.06. The van der Waals surface area contributed by atoms with Gasteiger partial charge in [0, 0.05) is 12.2 Å². The van der Waals surface area contributed by atoms with Gasteiger partial charge in [0.15, 0.2) is 5.82 Å².